The molecule has 0 aromatic carbocycles. The number of aromatic nitrogens is 1. The van der Waals surface area contributed by atoms with Gasteiger partial charge in [0.25, 0.3) is 0 Å². The first-order chi connectivity index (χ1) is 10.8. The fraction of sp³-hybridized carbons (Fsp3) is 0.765. The summed E-state index contributed by atoms with van der Waals surface area (Å²) in [6, 6.07) is 1.89. The summed E-state index contributed by atoms with van der Waals surface area (Å²) in [6.45, 7) is 14.6. The lowest BCUT2D eigenvalue weighted by atomic mass is 10.0. The van der Waals surface area contributed by atoms with Crippen molar-refractivity contribution < 1.29 is 9.32 Å². The van der Waals surface area contributed by atoms with E-state index in [0.717, 1.165) is 50.6 Å². The van der Waals surface area contributed by atoms with Gasteiger partial charge in [-0.3, -0.25) is 14.6 Å². The van der Waals surface area contributed by atoms with Gasteiger partial charge in [0.2, 0.25) is 5.91 Å². The maximum Gasteiger partial charge on any atom is 0.237 e. The molecule has 0 bridgehead atoms. The molecule has 130 valence electrons. The minimum Gasteiger partial charge on any atom is -0.360 e. The monoisotopic (exact) mass is 322 g/mol. The molecule has 1 aromatic heterocycles. The van der Waals surface area contributed by atoms with Crippen molar-refractivity contribution in [3.63, 3.8) is 0 Å². The average molecular weight is 322 g/mol. The van der Waals surface area contributed by atoms with Crippen LogP contribution in [0.3, 0.4) is 0 Å². The van der Waals surface area contributed by atoms with Crippen LogP contribution >= 0.6 is 0 Å². The molecular weight excluding hydrogens is 292 g/mol. The Morgan fingerprint density at radius 3 is 2.57 bits per heavy atom. The molecule has 1 aromatic rings. The Hall–Kier alpha value is -1.40. The van der Waals surface area contributed by atoms with Crippen LogP contribution in [0.25, 0.3) is 0 Å². The molecule has 6 nitrogen and oxygen atoms in total. The van der Waals surface area contributed by atoms with Crippen molar-refractivity contribution in [2.24, 2.45) is 0 Å². The second-order valence-corrected chi connectivity index (χ2v) is 7.15. The molecule has 1 fully saturated rings. The number of carbonyl (C=O) groups is 1. The number of rotatable bonds is 6. The Balaban J connectivity index is 1.80. The van der Waals surface area contributed by atoms with Gasteiger partial charge in [0.1, 0.15) is 0 Å². The summed E-state index contributed by atoms with van der Waals surface area (Å²) in [5.74, 6) is 1.03. The number of aryl methyl sites for hydroxylation is 1. The molecule has 6 heteroatoms. The Morgan fingerprint density at radius 2 is 2.04 bits per heavy atom. The molecule has 1 aliphatic rings. The van der Waals surface area contributed by atoms with Crippen molar-refractivity contribution in [1.29, 1.82) is 0 Å². The quantitative estimate of drug-likeness (QED) is 0.865. The van der Waals surface area contributed by atoms with Gasteiger partial charge in [0.05, 0.1) is 18.3 Å². The van der Waals surface area contributed by atoms with Gasteiger partial charge in [-0.25, -0.2) is 0 Å². The van der Waals surface area contributed by atoms with Gasteiger partial charge >= 0.3 is 0 Å². The molecule has 1 unspecified atom stereocenters. The Morgan fingerprint density at radius 1 is 1.39 bits per heavy atom. The molecule has 1 N–H and O–H groups in total. The van der Waals surface area contributed by atoms with Crippen LogP contribution < -0.4 is 5.32 Å². The summed E-state index contributed by atoms with van der Waals surface area (Å²) >= 11 is 0. The number of nitrogens with one attached hydrogen (secondary N) is 1. The van der Waals surface area contributed by atoms with E-state index >= 15 is 0 Å². The third kappa shape index (κ3) is 5.04. The fourth-order valence-electron chi connectivity index (χ4n) is 2.71. The van der Waals surface area contributed by atoms with E-state index in [1.54, 1.807) is 0 Å². The first-order valence-electron chi connectivity index (χ1n) is 8.51. The number of amides is 1. The van der Waals surface area contributed by atoms with Crippen LogP contribution in [0.15, 0.2) is 10.6 Å². The van der Waals surface area contributed by atoms with Gasteiger partial charge in [0, 0.05) is 37.8 Å². The molecule has 1 amide bonds. The molecule has 2 heterocycles. The van der Waals surface area contributed by atoms with Crippen molar-refractivity contribution in [2.75, 3.05) is 26.2 Å². The maximum atomic E-state index is 12.4. The third-order valence-electron chi connectivity index (χ3n) is 4.74. The topological polar surface area (TPSA) is 61.6 Å². The smallest absolute Gasteiger partial charge is 0.237 e. The zero-order valence-electron chi connectivity index (χ0n) is 15.1. The normalized spacial score (nSPS) is 18.8. The molecule has 1 saturated heterocycles. The van der Waals surface area contributed by atoms with Crippen LogP contribution in [0.4, 0.5) is 0 Å². The lowest BCUT2D eigenvalue weighted by molar-refractivity contribution is -0.128. The predicted molar refractivity (Wildman–Crippen MR) is 90.1 cm³/mol. The minimum absolute atomic E-state index is 0.0875. The van der Waals surface area contributed by atoms with E-state index in [4.69, 9.17) is 4.52 Å². The van der Waals surface area contributed by atoms with E-state index in [-0.39, 0.29) is 17.5 Å². The predicted octanol–water partition coefficient (Wildman–Crippen LogP) is 1.79. The second kappa shape index (κ2) is 7.45. The number of hydrogen-bond donors (Lipinski definition) is 1. The molecule has 0 saturated carbocycles. The van der Waals surface area contributed by atoms with Crippen molar-refractivity contribution in [1.82, 2.24) is 20.3 Å². The van der Waals surface area contributed by atoms with Gasteiger partial charge < -0.3 is 9.84 Å². The van der Waals surface area contributed by atoms with E-state index < -0.39 is 0 Å². The van der Waals surface area contributed by atoms with Crippen LogP contribution in [-0.4, -0.2) is 58.6 Å². The van der Waals surface area contributed by atoms with E-state index in [0.29, 0.717) is 0 Å². The lowest BCUT2D eigenvalue weighted by Crippen LogP contribution is -2.56. The Kier molecular flexibility index (Phi) is 5.81. The molecule has 1 aliphatic heterocycles. The largest absolute Gasteiger partial charge is 0.360 e. The van der Waals surface area contributed by atoms with Gasteiger partial charge in [-0.05, 0) is 34.1 Å². The highest BCUT2D eigenvalue weighted by atomic mass is 16.5. The van der Waals surface area contributed by atoms with Crippen LogP contribution in [0, 0.1) is 6.92 Å². The van der Waals surface area contributed by atoms with E-state index in [1.807, 2.05) is 19.9 Å². The number of piperazine rings is 1. The molecule has 2 rings (SSSR count). The zero-order valence-corrected chi connectivity index (χ0v) is 15.1. The van der Waals surface area contributed by atoms with Crippen molar-refractivity contribution in [2.45, 2.75) is 59.2 Å². The summed E-state index contributed by atoms with van der Waals surface area (Å²) in [5, 5.41) is 7.06. The highest BCUT2D eigenvalue weighted by Gasteiger charge is 2.28. The van der Waals surface area contributed by atoms with E-state index in [9.17, 15) is 4.79 Å². The van der Waals surface area contributed by atoms with Crippen LogP contribution in [0.2, 0.25) is 0 Å². The van der Waals surface area contributed by atoms with Gasteiger partial charge in [-0.15, -0.1) is 0 Å². The van der Waals surface area contributed by atoms with E-state index in [1.165, 1.54) is 0 Å². The number of carbonyl (C=O) groups excluding carboxylic acids is 1. The van der Waals surface area contributed by atoms with Gasteiger partial charge in [0.15, 0.2) is 5.76 Å². The third-order valence-corrected chi connectivity index (χ3v) is 4.74. The zero-order chi connectivity index (χ0) is 17.0. The summed E-state index contributed by atoms with van der Waals surface area (Å²) in [7, 11) is 0. The summed E-state index contributed by atoms with van der Waals surface area (Å²) in [6.07, 6.45) is 0.926. The minimum atomic E-state index is -0.142. The average Bonchev–Trinajstić information content (AvgIpc) is 2.92. The molecule has 1 atom stereocenters. The Bertz CT molecular complexity index is 518. The Labute approximate surface area is 139 Å². The summed E-state index contributed by atoms with van der Waals surface area (Å²) in [5.41, 5.74) is 0.777. The van der Waals surface area contributed by atoms with Crippen molar-refractivity contribution in [3.05, 3.63) is 17.5 Å². The first kappa shape index (κ1) is 17.9. The maximum absolute atomic E-state index is 12.4. The van der Waals surface area contributed by atoms with Gasteiger partial charge in [-0.1, -0.05) is 12.1 Å². The molecule has 0 radical (unpaired) electrons. The van der Waals surface area contributed by atoms with Crippen LogP contribution in [-0.2, 0) is 11.3 Å². The van der Waals surface area contributed by atoms with Crippen LogP contribution in [0.1, 0.15) is 45.6 Å². The number of nitrogens with zero attached hydrogens (tertiary/aromatic N) is 3. The summed E-state index contributed by atoms with van der Waals surface area (Å²) < 4.78 is 5.28. The number of hydrogen-bond acceptors (Lipinski definition) is 5. The van der Waals surface area contributed by atoms with Gasteiger partial charge in [-0.2, -0.15) is 0 Å². The van der Waals surface area contributed by atoms with Crippen molar-refractivity contribution in [3.8, 4) is 0 Å². The highest BCUT2D eigenvalue weighted by molar-refractivity contribution is 5.82. The standard InChI is InChI=1S/C17H30N4O2/c1-6-17(4,5)18-16(22)14(3)21-9-7-20(8-10-21)12-15-11-13(2)19-23-15/h11,14H,6-10,12H2,1-5H3,(H,18,22). The van der Waals surface area contributed by atoms with Crippen LogP contribution in [0.5, 0.6) is 0 Å². The van der Waals surface area contributed by atoms with E-state index in [2.05, 4.69) is 41.0 Å². The molecular formula is C17H30N4O2. The highest BCUT2D eigenvalue weighted by Crippen LogP contribution is 2.13. The lowest BCUT2D eigenvalue weighted by Gasteiger charge is -2.38. The molecule has 23 heavy (non-hydrogen) atoms. The second-order valence-electron chi connectivity index (χ2n) is 7.15. The molecule has 0 spiro atoms. The molecule has 0 aliphatic carbocycles. The fourth-order valence-corrected chi connectivity index (χ4v) is 2.71. The summed E-state index contributed by atoms with van der Waals surface area (Å²) in [4.78, 5) is 17.0. The first-order valence-corrected chi connectivity index (χ1v) is 8.51. The SMILES string of the molecule is CCC(C)(C)NC(=O)C(C)N1CCN(Cc2cc(C)no2)CC1. The van der Waals surface area contributed by atoms with Crippen molar-refractivity contribution >= 4 is 5.91 Å².